The highest BCUT2D eigenvalue weighted by atomic mass is 16.5. The van der Waals surface area contributed by atoms with Crippen LogP contribution in [0.2, 0.25) is 0 Å². The topological polar surface area (TPSA) is 87.7 Å². The largest absolute Gasteiger partial charge is 0.481 e. The van der Waals surface area contributed by atoms with E-state index in [0.29, 0.717) is 19.4 Å². The zero-order valence-electron chi connectivity index (χ0n) is 11.3. The highest BCUT2D eigenvalue weighted by molar-refractivity contribution is 5.75. The molecule has 2 aliphatic rings. The predicted molar refractivity (Wildman–Crippen MR) is 68.9 cm³/mol. The van der Waals surface area contributed by atoms with Gasteiger partial charge >= 0.3 is 12.0 Å². The number of aliphatic carboxylic acids is 1. The summed E-state index contributed by atoms with van der Waals surface area (Å²) in [5.41, 5.74) is -0.184. The van der Waals surface area contributed by atoms with Crippen LogP contribution in [-0.2, 0) is 9.53 Å². The Morgan fingerprint density at radius 1 is 1.37 bits per heavy atom. The fourth-order valence-corrected chi connectivity index (χ4v) is 2.84. The van der Waals surface area contributed by atoms with Crippen molar-refractivity contribution in [3.8, 4) is 0 Å². The van der Waals surface area contributed by atoms with Crippen molar-refractivity contribution >= 4 is 12.0 Å². The summed E-state index contributed by atoms with van der Waals surface area (Å²) in [5.74, 6) is -1.08. The second-order valence-corrected chi connectivity index (χ2v) is 5.61. The number of rotatable bonds is 5. The van der Waals surface area contributed by atoms with E-state index < -0.39 is 5.97 Å². The van der Waals surface area contributed by atoms with Gasteiger partial charge in [0.15, 0.2) is 0 Å². The molecule has 3 N–H and O–H groups in total. The fraction of sp³-hybridized carbons (Fsp3) is 0.846. The second kappa shape index (κ2) is 5.77. The Kier molecular flexibility index (Phi) is 4.29. The number of carbonyl (C=O) groups is 2. The van der Waals surface area contributed by atoms with Crippen LogP contribution in [-0.4, -0.2) is 42.4 Å². The quantitative estimate of drug-likeness (QED) is 0.698. The third-order valence-electron chi connectivity index (χ3n) is 4.39. The van der Waals surface area contributed by atoms with Gasteiger partial charge in [0.05, 0.1) is 11.5 Å². The van der Waals surface area contributed by atoms with Crippen LogP contribution >= 0.6 is 0 Å². The molecule has 0 aliphatic heterocycles. The lowest BCUT2D eigenvalue weighted by molar-refractivity contribution is -0.141. The Labute approximate surface area is 112 Å². The van der Waals surface area contributed by atoms with Gasteiger partial charge in [-0.2, -0.15) is 0 Å². The maximum Gasteiger partial charge on any atom is 0.315 e. The maximum atomic E-state index is 11.8. The highest BCUT2D eigenvalue weighted by Crippen LogP contribution is 2.34. The van der Waals surface area contributed by atoms with E-state index in [1.165, 1.54) is 0 Å². The van der Waals surface area contributed by atoms with Crippen molar-refractivity contribution in [3.05, 3.63) is 0 Å². The van der Waals surface area contributed by atoms with Crippen LogP contribution < -0.4 is 10.6 Å². The molecule has 2 amide bonds. The molecule has 2 fully saturated rings. The van der Waals surface area contributed by atoms with Crippen molar-refractivity contribution in [3.63, 3.8) is 0 Å². The normalized spacial score (nSPS) is 28.5. The zero-order valence-corrected chi connectivity index (χ0v) is 11.3. The Morgan fingerprint density at radius 2 is 2.11 bits per heavy atom. The van der Waals surface area contributed by atoms with E-state index >= 15 is 0 Å². The number of methoxy groups -OCH3 is 1. The first-order valence-electron chi connectivity index (χ1n) is 6.87. The smallest absolute Gasteiger partial charge is 0.315 e. The minimum atomic E-state index is -0.766. The third kappa shape index (κ3) is 3.37. The van der Waals surface area contributed by atoms with Crippen LogP contribution in [0.1, 0.15) is 38.5 Å². The van der Waals surface area contributed by atoms with Crippen LogP contribution in [0.4, 0.5) is 4.79 Å². The van der Waals surface area contributed by atoms with Gasteiger partial charge in [0.2, 0.25) is 0 Å². The Balaban J connectivity index is 1.69. The maximum absolute atomic E-state index is 11.8. The zero-order chi connectivity index (χ0) is 13.9. The Hall–Kier alpha value is -1.30. The molecule has 2 atom stereocenters. The van der Waals surface area contributed by atoms with Crippen LogP contribution in [0.5, 0.6) is 0 Å². The van der Waals surface area contributed by atoms with Gasteiger partial charge in [-0.15, -0.1) is 0 Å². The molecule has 6 heteroatoms. The van der Waals surface area contributed by atoms with Crippen LogP contribution in [0.15, 0.2) is 0 Å². The molecule has 2 aliphatic carbocycles. The Bertz CT molecular complexity index is 349. The molecule has 2 unspecified atom stereocenters. The van der Waals surface area contributed by atoms with E-state index in [1.807, 2.05) is 0 Å². The first-order chi connectivity index (χ1) is 9.04. The molecule has 2 saturated carbocycles. The van der Waals surface area contributed by atoms with Gasteiger partial charge < -0.3 is 20.5 Å². The van der Waals surface area contributed by atoms with Crippen LogP contribution in [0, 0.1) is 5.92 Å². The third-order valence-corrected chi connectivity index (χ3v) is 4.39. The summed E-state index contributed by atoms with van der Waals surface area (Å²) in [4.78, 5) is 22.6. The summed E-state index contributed by atoms with van der Waals surface area (Å²) in [7, 11) is 1.67. The van der Waals surface area contributed by atoms with E-state index in [4.69, 9.17) is 9.84 Å². The van der Waals surface area contributed by atoms with Crippen molar-refractivity contribution < 1.29 is 19.4 Å². The molecule has 0 saturated heterocycles. The van der Waals surface area contributed by atoms with Crippen molar-refractivity contribution in [2.75, 3.05) is 13.7 Å². The predicted octanol–water partition coefficient (Wildman–Crippen LogP) is 1.11. The van der Waals surface area contributed by atoms with Gasteiger partial charge in [-0.05, 0) is 38.5 Å². The summed E-state index contributed by atoms with van der Waals surface area (Å²) in [6.45, 7) is 0.518. The number of urea groups is 1. The lowest BCUT2D eigenvalue weighted by Gasteiger charge is -2.40. The van der Waals surface area contributed by atoms with Gasteiger partial charge in [0, 0.05) is 19.7 Å². The van der Waals surface area contributed by atoms with Gasteiger partial charge in [0.25, 0.3) is 0 Å². The molecule has 0 aromatic heterocycles. The SMILES string of the molecule is COC1(CNC(=O)NC2CCC(C(=O)O)C2)CCC1. The number of hydrogen-bond donors (Lipinski definition) is 3. The average molecular weight is 270 g/mol. The van der Waals surface area contributed by atoms with Gasteiger partial charge in [0.1, 0.15) is 0 Å². The standard InChI is InChI=1S/C13H22N2O4/c1-19-13(5-2-6-13)8-14-12(18)15-10-4-3-9(7-10)11(16)17/h9-10H,2-8H2,1H3,(H,16,17)(H2,14,15,18). The van der Waals surface area contributed by atoms with E-state index in [0.717, 1.165) is 25.7 Å². The summed E-state index contributed by atoms with van der Waals surface area (Å²) in [6.07, 6.45) is 5.00. The number of amides is 2. The second-order valence-electron chi connectivity index (χ2n) is 5.61. The first kappa shape index (κ1) is 14.1. The molecular formula is C13H22N2O4. The summed E-state index contributed by atoms with van der Waals surface area (Å²) < 4.78 is 5.42. The molecule has 0 aromatic rings. The van der Waals surface area contributed by atoms with Crippen molar-refractivity contribution in [1.29, 1.82) is 0 Å². The first-order valence-corrected chi connectivity index (χ1v) is 6.87. The van der Waals surface area contributed by atoms with E-state index in [1.54, 1.807) is 7.11 Å². The molecular weight excluding hydrogens is 248 g/mol. The van der Waals surface area contributed by atoms with Gasteiger partial charge in [-0.25, -0.2) is 4.79 Å². The van der Waals surface area contributed by atoms with E-state index in [2.05, 4.69) is 10.6 Å². The number of carboxylic acid groups (broad SMARTS) is 1. The Morgan fingerprint density at radius 3 is 2.58 bits per heavy atom. The summed E-state index contributed by atoms with van der Waals surface area (Å²) in [5, 5.41) is 14.6. The number of hydrogen-bond acceptors (Lipinski definition) is 3. The molecule has 2 rings (SSSR count). The van der Waals surface area contributed by atoms with Crippen LogP contribution in [0.25, 0.3) is 0 Å². The molecule has 0 heterocycles. The monoisotopic (exact) mass is 270 g/mol. The molecule has 0 radical (unpaired) electrons. The summed E-state index contributed by atoms with van der Waals surface area (Å²) in [6, 6.07) is -0.250. The average Bonchev–Trinajstić information content (AvgIpc) is 2.77. The van der Waals surface area contributed by atoms with E-state index in [-0.39, 0.29) is 23.6 Å². The van der Waals surface area contributed by atoms with Gasteiger partial charge in [-0.3, -0.25) is 4.79 Å². The number of nitrogens with one attached hydrogen (secondary N) is 2. The molecule has 108 valence electrons. The van der Waals surface area contributed by atoms with Crippen molar-refractivity contribution in [2.24, 2.45) is 5.92 Å². The van der Waals surface area contributed by atoms with Gasteiger partial charge in [-0.1, -0.05) is 0 Å². The van der Waals surface area contributed by atoms with Crippen molar-refractivity contribution in [1.82, 2.24) is 10.6 Å². The van der Waals surface area contributed by atoms with Crippen molar-refractivity contribution in [2.45, 2.75) is 50.2 Å². The van der Waals surface area contributed by atoms with E-state index in [9.17, 15) is 9.59 Å². The number of carbonyl (C=O) groups excluding carboxylic acids is 1. The lowest BCUT2D eigenvalue weighted by Crippen LogP contribution is -2.52. The minimum Gasteiger partial charge on any atom is -0.481 e. The molecule has 19 heavy (non-hydrogen) atoms. The van der Waals surface area contributed by atoms with Crippen LogP contribution in [0.3, 0.4) is 0 Å². The minimum absolute atomic E-state index is 0.0269. The lowest BCUT2D eigenvalue weighted by atomic mass is 9.80. The summed E-state index contributed by atoms with van der Waals surface area (Å²) >= 11 is 0. The number of ether oxygens (including phenoxy) is 1. The number of carboxylic acids is 1. The highest BCUT2D eigenvalue weighted by Gasteiger charge is 2.37. The fourth-order valence-electron chi connectivity index (χ4n) is 2.84. The molecule has 0 aromatic carbocycles. The molecule has 6 nitrogen and oxygen atoms in total. The molecule has 0 bridgehead atoms. The molecule has 0 spiro atoms.